The first-order chi connectivity index (χ1) is 11.0. The molecule has 0 spiro atoms. The molecular weight excluding hydrogens is 320 g/mol. The van der Waals surface area contributed by atoms with Crippen LogP contribution in [0.5, 0.6) is 0 Å². The topological polar surface area (TPSA) is 113 Å². The van der Waals surface area contributed by atoms with Gasteiger partial charge in [-0.1, -0.05) is 0 Å². The standard InChI is InChI=1S/C14H22N4O4S/c19-6-5-18-13-3-1-2-12(11(13)8-15-18)17-14(20)16-10-4-7-23(21,22)9-10/h8,10,12,19H,1-7,9H2,(H2,16,17,20)/t10-,12+/m0/s1. The van der Waals surface area contributed by atoms with E-state index in [9.17, 15) is 13.2 Å². The van der Waals surface area contributed by atoms with Crippen molar-refractivity contribution in [3.05, 3.63) is 17.5 Å². The summed E-state index contributed by atoms with van der Waals surface area (Å²) in [5.74, 6) is 0.157. The number of aliphatic hydroxyl groups excluding tert-OH is 1. The quantitative estimate of drug-likeness (QED) is 0.698. The minimum atomic E-state index is -3.01. The van der Waals surface area contributed by atoms with Gasteiger partial charge in [-0.3, -0.25) is 4.68 Å². The number of rotatable bonds is 4. The van der Waals surface area contributed by atoms with E-state index in [4.69, 9.17) is 5.11 Å². The maximum Gasteiger partial charge on any atom is 0.315 e. The highest BCUT2D eigenvalue weighted by Crippen LogP contribution is 2.29. The summed E-state index contributed by atoms with van der Waals surface area (Å²) in [6, 6.07) is -0.760. The van der Waals surface area contributed by atoms with Crippen LogP contribution in [0.15, 0.2) is 6.20 Å². The van der Waals surface area contributed by atoms with Crippen molar-refractivity contribution in [1.29, 1.82) is 0 Å². The second-order valence-electron chi connectivity index (χ2n) is 6.16. The molecule has 128 valence electrons. The number of sulfone groups is 1. The Kier molecular flexibility index (Phi) is 4.58. The third-order valence-corrected chi connectivity index (χ3v) is 6.22. The molecular formula is C14H22N4O4S. The number of carbonyl (C=O) groups is 1. The van der Waals surface area contributed by atoms with Gasteiger partial charge in [0.1, 0.15) is 0 Å². The van der Waals surface area contributed by atoms with Gasteiger partial charge in [0.25, 0.3) is 0 Å². The number of amides is 2. The summed E-state index contributed by atoms with van der Waals surface area (Å²) in [6.45, 7) is 0.483. The number of nitrogens with one attached hydrogen (secondary N) is 2. The number of aromatic nitrogens is 2. The number of hydrogen-bond acceptors (Lipinski definition) is 5. The van der Waals surface area contributed by atoms with Crippen LogP contribution in [0, 0.1) is 0 Å². The number of aliphatic hydroxyl groups is 1. The zero-order chi connectivity index (χ0) is 16.4. The molecule has 2 amide bonds. The van der Waals surface area contributed by atoms with Gasteiger partial charge in [0.15, 0.2) is 9.84 Å². The van der Waals surface area contributed by atoms with E-state index in [-0.39, 0.29) is 36.2 Å². The molecule has 9 heteroatoms. The van der Waals surface area contributed by atoms with Gasteiger partial charge in [0, 0.05) is 17.3 Å². The number of hydrogen-bond donors (Lipinski definition) is 3. The van der Waals surface area contributed by atoms with Crippen LogP contribution in [0.1, 0.15) is 36.6 Å². The predicted octanol–water partition coefficient (Wildman–Crippen LogP) is -0.261. The number of fused-ring (bicyclic) bond motifs is 1. The smallest absolute Gasteiger partial charge is 0.315 e. The van der Waals surface area contributed by atoms with Gasteiger partial charge in [-0.2, -0.15) is 5.10 Å². The lowest BCUT2D eigenvalue weighted by Crippen LogP contribution is -2.44. The van der Waals surface area contributed by atoms with Gasteiger partial charge in [0.05, 0.1) is 36.9 Å². The van der Waals surface area contributed by atoms with Crippen LogP contribution < -0.4 is 10.6 Å². The van der Waals surface area contributed by atoms with Gasteiger partial charge in [-0.05, 0) is 25.7 Å². The monoisotopic (exact) mass is 342 g/mol. The van der Waals surface area contributed by atoms with Crippen molar-refractivity contribution in [3.63, 3.8) is 0 Å². The van der Waals surface area contributed by atoms with Crippen LogP contribution in [0.3, 0.4) is 0 Å². The van der Waals surface area contributed by atoms with Gasteiger partial charge in [-0.25, -0.2) is 13.2 Å². The molecule has 2 aliphatic rings. The fourth-order valence-electron chi connectivity index (χ4n) is 3.35. The third kappa shape index (κ3) is 3.66. The van der Waals surface area contributed by atoms with E-state index in [1.54, 1.807) is 10.9 Å². The number of nitrogens with zero attached hydrogens (tertiary/aromatic N) is 2. The minimum Gasteiger partial charge on any atom is -0.394 e. The molecule has 0 aromatic carbocycles. The summed E-state index contributed by atoms with van der Waals surface area (Å²) >= 11 is 0. The Balaban J connectivity index is 1.62. The molecule has 2 heterocycles. The van der Waals surface area contributed by atoms with Crippen molar-refractivity contribution in [3.8, 4) is 0 Å². The van der Waals surface area contributed by atoms with E-state index in [1.165, 1.54) is 0 Å². The number of carbonyl (C=O) groups excluding carboxylic acids is 1. The summed E-state index contributed by atoms with van der Waals surface area (Å²) < 4.78 is 24.7. The molecule has 8 nitrogen and oxygen atoms in total. The fraction of sp³-hybridized carbons (Fsp3) is 0.714. The molecule has 1 saturated heterocycles. The summed E-state index contributed by atoms with van der Waals surface area (Å²) in [5, 5.41) is 19.0. The largest absolute Gasteiger partial charge is 0.394 e. The second kappa shape index (κ2) is 6.48. The fourth-order valence-corrected chi connectivity index (χ4v) is 5.02. The molecule has 1 aromatic heterocycles. The lowest BCUT2D eigenvalue weighted by molar-refractivity contribution is 0.232. The first kappa shape index (κ1) is 16.3. The lowest BCUT2D eigenvalue weighted by Gasteiger charge is -2.25. The van der Waals surface area contributed by atoms with Crippen LogP contribution in [0.4, 0.5) is 4.79 Å². The minimum absolute atomic E-state index is 0.0186. The summed E-state index contributed by atoms with van der Waals surface area (Å²) in [6.07, 6.45) is 4.87. The molecule has 1 fully saturated rings. The predicted molar refractivity (Wildman–Crippen MR) is 83.7 cm³/mol. The van der Waals surface area contributed by atoms with Crippen LogP contribution >= 0.6 is 0 Å². The first-order valence-electron chi connectivity index (χ1n) is 7.91. The Labute approximate surface area is 135 Å². The van der Waals surface area contributed by atoms with Gasteiger partial charge in [-0.15, -0.1) is 0 Å². The van der Waals surface area contributed by atoms with Crippen molar-refractivity contribution < 1.29 is 18.3 Å². The Morgan fingerprint density at radius 3 is 2.91 bits per heavy atom. The van der Waals surface area contributed by atoms with Crippen molar-refractivity contribution >= 4 is 15.9 Å². The van der Waals surface area contributed by atoms with Gasteiger partial charge >= 0.3 is 6.03 Å². The molecule has 23 heavy (non-hydrogen) atoms. The molecule has 1 aliphatic carbocycles. The summed E-state index contributed by atoms with van der Waals surface area (Å²) in [5.41, 5.74) is 2.04. The Bertz CT molecular complexity index is 685. The molecule has 0 saturated carbocycles. The maximum absolute atomic E-state index is 12.1. The third-order valence-electron chi connectivity index (χ3n) is 4.45. The maximum atomic E-state index is 12.1. The Hall–Kier alpha value is -1.61. The zero-order valence-corrected chi connectivity index (χ0v) is 13.7. The van der Waals surface area contributed by atoms with Crippen LogP contribution in [-0.2, 0) is 22.8 Å². The van der Waals surface area contributed by atoms with E-state index >= 15 is 0 Å². The molecule has 0 bridgehead atoms. The first-order valence-corrected chi connectivity index (χ1v) is 9.73. The van der Waals surface area contributed by atoms with E-state index in [1.807, 2.05) is 0 Å². The van der Waals surface area contributed by atoms with Crippen molar-refractivity contribution in [2.45, 2.75) is 44.3 Å². The SMILES string of the molecule is O=C(N[C@H]1CCS(=O)(=O)C1)N[C@@H]1CCCc2c1cnn2CCO. The van der Waals surface area contributed by atoms with E-state index < -0.39 is 9.84 Å². The molecule has 3 N–H and O–H groups in total. The molecule has 1 aromatic rings. The van der Waals surface area contributed by atoms with Crippen LogP contribution in [0.2, 0.25) is 0 Å². The molecule has 1 aliphatic heterocycles. The molecule has 0 unspecified atom stereocenters. The number of urea groups is 1. The van der Waals surface area contributed by atoms with Crippen molar-refractivity contribution in [2.75, 3.05) is 18.1 Å². The van der Waals surface area contributed by atoms with E-state index in [2.05, 4.69) is 15.7 Å². The highest BCUT2D eigenvalue weighted by atomic mass is 32.2. The molecule has 0 radical (unpaired) electrons. The molecule has 2 atom stereocenters. The van der Waals surface area contributed by atoms with E-state index in [0.29, 0.717) is 13.0 Å². The van der Waals surface area contributed by atoms with Crippen molar-refractivity contribution in [1.82, 2.24) is 20.4 Å². The Morgan fingerprint density at radius 2 is 2.22 bits per heavy atom. The highest BCUT2D eigenvalue weighted by molar-refractivity contribution is 7.91. The zero-order valence-electron chi connectivity index (χ0n) is 12.9. The summed E-state index contributed by atoms with van der Waals surface area (Å²) in [7, 11) is -3.01. The van der Waals surface area contributed by atoms with E-state index in [0.717, 1.165) is 30.5 Å². The average Bonchev–Trinajstić information content (AvgIpc) is 3.04. The van der Waals surface area contributed by atoms with Crippen LogP contribution in [0.25, 0.3) is 0 Å². The second-order valence-corrected chi connectivity index (χ2v) is 8.38. The Morgan fingerprint density at radius 1 is 1.39 bits per heavy atom. The normalized spacial score (nSPS) is 25.8. The van der Waals surface area contributed by atoms with Gasteiger partial charge in [0.2, 0.25) is 0 Å². The average molecular weight is 342 g/mol. The summed E-state index contributed by atoms with van der Waals surface area (Å²) in [4.78, 5) is 12.1. The van der Waals surface area contributed by atoms with Gasteiger partial charge < -0.3 is 15.7 Å². The molecule has 3 rings (SSSR count). The highest BCUT2D eigenvalue weighted by Gasteiger charge is 2.30. The van der Waals surface area contributed by atoms with Crippen LogP contribution in [-0.4, -0.2) is 53.5 Å². The lowest BCUT2D eigenvalue weighted by atomic mass is 9.93. The van der Waals surface area contributed by atoms with Crippen molar-refractivity contribution in [2.24, 2.45) is 0 Å².